The summed E-state index contributed by atoms with van der Waals surface area (Å²) in [6.07, 6.45) is 3.24. The Bertz CT molecular complexity index is 564. The number of pyridine rings is 1. The van der Waals surface area contributed by atoms with Gasteiger partial charge in [0.1, 0.15) is 0 Å². The molecule has 0 radical (unpaired) electrons. The van der Waals surface area contributed by atoms with E-state index in [1.165, 1.54) is 11.4 Å². The minimum absolute atomic E-state index is 0. The fraction of sp³-hybridized carbons (Fsp3) is 0.286. The molecule has 1 N–H and O–H groups in total. The number of nitrogens with one attached hydrogen (secondary N) is 1. The SMILES string of the molecule is Cc1cc(CNC(=O)c2ccncc2)c(C)n1C.Cl. The number of hydrogen-bond acceptors (Lipinski definition) is 2. The minimum atomic E-state index is -0.0710. The average Bonchev–Trinajstić information content (AvgIpc) is 2.64. The van der Waals surface area contributed by atoms with Crippen LogP contribution in [0, 0.1) is 13.8 Å². The highest BCUT2D eigenvalue weighted by molar-refractivity contribution is 5.93. The number of aryl methyl sites for hydroxylation is 1. The van der Waals surface area contributed by atoms with Crippen molar-refractivity contribution in [2.75, 3.05) is 0 Å². The Labute approximate surface area is 119 Å². The lowest BCUT2D eigenvalue weighted by atomic mass is 10.2. The molecule has 0 unspecified atom stereocenters. The van der Waals surface area contributed by atoms with E-state index in [9.17, 15) is 4.79 Å². The van der Waals surface area contributed by atoms with Gasteiger partial charge in [0.15, 0.2) is 0 Å². The predicted octanol–water partition coefficient (Wildman–Crippen LogP) is 2.39. The van der Waals surface area contributed by atoms with Gasteiger partial charge in [0.05, 0.1) is 0 Å². The second-order valence-corrected chi connectivity index (χ2v) is 4.37. The molecule has 0 bridgehead atoms. The first-order valence-corrected chi connectivity index (χ1v) is 5.89. The fourth-order valence-corrected chi connectivity index (χ4v) is 1.89. The lowest BCUT2D eigenvalue weighted by Crippen LogP contribution is -2.22. The molecule has 0 aliphatic heterocycles. The van der Waals surface area contributed by atoms with Gasteiger partial charge in [-0.05, 0) is 37.6 Å². The summed E-state index contributed by atoms with van der Waals surface area (Å²) >= 11 is 0. The summed E-state index contributed by atoms with van der Waals surface area (Å²) in [4.78, 5) is 15.8. The number of rotatable bonds is 3. The van der Waals surface area contributed by atoms with Gasteiger partial charge in [0.2, 0.25) is 0 Å². The van der Waals surface area contributed by atoms with Crippen molar-refractivity contribution in [1.29, 1.82) is 0 Å². The van der Waals surface area contributed by atoms with Crippen molar-refractivity contribution < 1.29 is 4.79 Å². The number of aromatic nitrogens is 2. The molecule has 2 rings (SSSR count). The lowest BCUT2D eigenvalue weighted by molar-refractivity contribution is 0.0951. The van der Waals surface area contributed by atoms with Gasteiger partial charge >= 0.3 is 0 Å². The molecule has 2 aromatic heterocycles. The van der Waals surface area contributed by atoms with Gasteiger partial charge < -0.3 is 9.88 Å². The number of halogens is 1. The van der Waals surface area contributed by atoms with Gasteiger partial charge in [-0.15, -0.1) is 12.4 Å². The van der Waals surface area contributed by atoms with Crippen LogP contribution in [0.2, 0.25) is 0 Å². The molecule has 1 amide bonds. The van der Waals surface area contributed by atoms with Crippen LogP contribution in [0.15, 0.2) is 30.6 Å². The summed E-state index contributed by atoms with van der Waals surface area (Å²) in [6, 6.07) is 5.51. The molecule has 0 saturated carbocycles. The van der Waals surface area contributed by atoms with Crippen LogP contribution in [0.25, 0.3) is 0 Å². The molecule has 0 aliphatic rings. The van der Waals surface area contributed by atoms with Crippen LogP contribution in [-0.2, 0) is 13.6 Å². The molecular formula is C14H18ClN3O. The van der Waals surface area contributed by atoms with E-state index in [-0.39, 0.29) is 18.3 Å². The Kier molecular flexibility index (Phi) is 5.12. The van der Waals surface area contributed by atoms with Gasteiger partial charge in [-0.2, -0.15) is 0 Å². The Morgan fingerprint density at radius 3 is 2.47 bits per heavy atom. The maximum Gasteiger partial charge on any atom is 0.251 e. The second kappa shape index (κ2) is 6.38. The maximum atomic E-state index is 11.9. The zero-order valence-electron chi connectivity index (χ0n) is 11.3. The summed E-state index contributed by atoms with van der Waals surface area (Å²) in [5, 5.41) is 2.92. The molecule has 5 heteroatoms. The van der Waals surface area contributed by atoms with Gasteiger partial charge in [0, 0.05) is 42.9 Å². The largest absolute Gasteiger partial charge is 0.352 e. The number of hydrogen-bond donors (Lipinski definition) is 1. The monoisotopic (exact) mass is 279 g/mol. The highest BCUT2D eigenvalue weighted by Gasteiger charge is 2.08. The first-order chi connectivity index (χ1) is 8.59. The minimum Gasteiger partial charge on any atom is -0.352 e. The van der Waals surface area contributed by atoms with Crippen LogP contribution in [0.5, 0.6) is 0 Å². The first-order valence-electron chi connectivity index (χ1n) is 5.89. The molecular weight excluding hydrogens is 262 g/mol. The summed E-state index contributed by atoms with van der Waals surface area (Å²) in [7, 11) is 2.03. The lowest BCUT2D eigenvalue weighted by Gasteiger charge is -2.05. The number of carbonyl (C=O) groups excluding carboxylic acids is 1. The van der Waals surface area contributed by atoms with Gasteiger partial charge in [-0.1, -0.05) is 0 Å². The molecule has 19 heavy (non-hydrogen) atoms. The molecule has 4 nitrogen and oxygen atoms in total. The summed E-state index contributed by atoms with van der Waals surface area (Å²) < 4.78 is 2.12. The van der Waals surface area contributed by atoms with E-state index >= 15 is 0 Å². The van der Waals surface area contributed by atoms with Crippen molar-refractivity contribution in [2.24, 2.45) is 7.05 Å². The molecule has 102 valence electrons. The van der Waals surface area contributed by atoms with Gasteiger partial charge in [0.25, 0.3) is 5.91 Å². The van der Waals surface area contributed by atoms with E-state index in [2.05, 4.69) is 34.8 Å². The summed E-state index contributed by atoms with van der Waals surface area (Å²) in [5.74, 6) is -0.0710. The topological polar surface area (TPSA) is 46.9 Å². The molecule has 0 atom stereocenters. The van der Waals surface area contributed by atoms with Crippen molar-refractivity contribution in [3.05, 3.63) is 53.1 Å². The van der Waals surface area contributed by atoms with Crippen LogP contribution in [0.1, 0.15) is 27.3 Å². The molecule has 0 saturated heterocycles. The van der Waals surface area contributed by atoms with Gasteiger partial charge in [-0.25, -0.2) is 0 Å². The standard InChI is InChI=1S/C14H17N3O.ClH/c1-10-8-13(11(2)17(10)3)9-16-14(18)12-4-6-15-7-5-12;/h4-8H,9H2,1-3H3,(H,16,18);1H. The maximum absolute atomic E-state index is 11.9. The summed E-state index contributed by atoms with van der Waals surface area (Å²) in [5.41, 5.74) is 4.16. The zero-order chi connectivity index (χ0) is 13.1. The van der Waals surface area contributed by atoms with Crippen LogP contribution in [-0.4, -0.2) is 15.5 Å². The highest BCUT2D eigenvalue weighted by Crippen LogP contribution is 2.12. The normalized spacial score (nSPS) is 9.84. The number of nitrogens with zero attached hydrogens (tertiary/aromatic N) is 2. The van der Waals surface area contributed by atoms with Crippen LogP contribution < -0.4 is 5.32 Å². The molecule has 0 aliphatic carbocycles. The van der Waals surface area contributed by atoms with E-state index in [0.29, 0.717) is 12.1 Å². The predicted molar refractivity (Wildman–Crippen MR) is 77.5 cm³/mol. The van der Waals surface area contributed by atoms with Crippen LogP contribution in [0.4, 0.5) is 0 Å². The van der Waals surface area contributed by atoms with E-state index in [4.69, 9.17) is 0 Å². The third kappa shape index (κ3) is 3.35. The first kappa shape index (κ1) is 15.2. The Balaban J connectivity index is 0.00000180. The zero-order valence-corrected chi connectivity index (χ0v) is 12.1. The molecule has 2 heterocycles. The number of amides is 1. The second-order valence-electron chi connectivity index (χ2n) is 4.37. The quantitative estimate of drug-likeness (QED) is 0.938. The smallest absolute Gasteiger partial charge is 0.251 e. The van der Waals surface area contributed by atoms with Crippen molar-refractivity contribution in [3.8, 4) is 0 Å². The van der Waals surface area contributed by atoms with Gasteiger partial charge in [-0.3, -0.25) is 9.78 Å². The third-order valence-electron chi connectivity index (χ3n) is 3.26. The average molecular weight is 280 g/mol. The Hall–Kier alpha value is -1.81. The molecule has 2 aromatic rings. The van der Waals surface area contributed by atoms with E-state index < -0.39 is 0 Å². The van der Waals surface area contributed by atoms with Crippen LogP contribution >= 0.6 is 12.4 Å². The van der Waals surface area contributed by atoms with E-state index in [1.807, 2.05) is 7.05 Å². The molecule has 0 aromatic carbocycles. The van der Waals surface area contributed by atoms with E-state index in [1.54, 1.807) is 24.5 Å². The summed E-state index contributed by atoms with van der Waals surface area (Å²) in [6.45, 7) is 4.66. The van der Waals surface area contributed by atoms with Crippen molar-refractivity contribution in [1.82, 2.24) is 14.9 Å². The Morgan fingerprint density at radius 2 is 1.95 bits per heavy atom. The fourth-order valence-electron chi connectivity index (χ4n) is 1.89. The van der Waals surface area contributed by atoms with Crippen molar-refractivity contribution in [3.63, 3.8) is 0 Å². The van der Waals surface area contributed by atoms with Crippen LogP contribution in [0.3, 0.4) is 0 Å². The highest BCUT2D eigenvalue weighted by atomic mass is 35.5. The Morgan fingerprint density at radius 1 is 1.32 bits per heavy atom. The number of carbonyl (C=O) groups is 1. The van der Waals surface area contributed by atoms with Crippen molar-refractivity contribution in [2.45, 2.75) is 20.4 Å². The van der Waals surface area contributed by atoms with Crippen molar-refractivity contribution >= 4 is 18.3 Å². The third-order valence-corrected chi connectivity index (χ3v) is 3.26. The molecule has 0 fully saturated rings. The van der Waals surface area contributed by atoms with E-state index in [0.717, 1.165) is 5.56 Å². The molecule has 0 spiro atoms.